The highest BCUT2D eigenvalue weighted by molar-refractivity contribution is 5.87. The van der Waals surface area contributed by atoms with Crippen LogP contribution in [0.4, 0.5) is 0 Å². The van der Waals surface area contributed by atoms with E-state index in [1.807, 2.05) is 7.11 Å². The molecule has 0 spiro atoms. The number of hydrogen-bond acceptors (Lipinski definition) is 3. The Labute approximate surface area is 202 Å². The first-order chi connectivity index (χ1) is 15.4. The Morgan fingerprint density at radius 3 is 2.48 bits per heavy atom. The van der Waals surface area contributed by atoms with Crippen LogP contribution in [0.2, 0.25) is 0 Å². The molecule has 0 aromatic heterocycles. The molecule has 4 rings (SSSR count). The third-order valence-electron chi connectivity index (χ3n) is 10.5. The molecule has 4 aliphatic carbocycles. The first kappa shape index (κ1) is 24.8. The third-order valence-corrected chi connectivity index (χ3v) is 10.5. The Balaban J connectivity index is 1.62. The Bertz CT molecular complexity index is 855. The first-order valence-electron chi connectivity index (χ1n) is 13.2. The maximum absolute atomic E-state index is 12.7. The van der Waals surface area contributed by atoms with Crippen molar-refractivity contribution in [3.63, 3.8) is 0 Å². The third kappa shape index (κ3) is 4.07. The zero-order valence-electron chi connectivity index (χ0n) is 22.0. The van der Waals surface area contributed by atoms with E-state index in [1.54, 1.807) is 12.5 Å². The fourth-order valence-electron chi connectivity index (χ4n) is 8.96. The summed E-state index contributed by atoms with van der Waals surface area (Å²) >= 11 is 0. The zero-order chi connectivity index (χ0) is 24.2. The zero-order valence-corrected chi connectivity index (χ0v) is 22.0. The van der Waals surface area contributed by atoms with Gasteiger partial charge in [0.05, 0.1) is 6.10 Å². The summed E-state index contributed by atoms with van der Waals surface area (Å²) in [5, 5.41) is 0. The molecule has 0 heterocycles. The van der Waals surface area contributed by atoms with Crippen molar-refractivity contribution in [2.24, 2.45) is 34.5 Å². The van der Waals surface area contributed by atoms with Crippen molar-refractivity contribution >= 4 is 5.97 Å². The molecule has 0 aliphatic heterocycles. The molecule has 33 heavy (non-hydrogen) atoms. The molecule has 0 amide bonds. The van der Waals surface area contributed by atoms with E-state index in [0.717, 1.165) is 36.7 Å². The highest BCUT2D eigenvalue weighted by Crippen LogP contribution is 2.68. The standard InChI is InChI=1S/C30H46O3/c1-19(2)18-30(7,33-27(31)20(3)4)26-12-11-24-23-10-9-21-17-22(32-8)13-15-28(21,5)25(23)14-16-29(24,26)6/h9,22-26H,1,3,10-18H2,2,4-8H3/t22-,23-,24-,25-,26-,28-,29-,30-/m0/s1. The second kappa shape index (κ2) is 8.70. The normalized spacial score (nSPS) is 41.6. The van der Waals surface area contributed by atoms with Gasteiger partial charge in [-0.05, 0) is 101 Å². The highest BCUT2D eigenvalue weighted by atomic mass is 16.6. The molecule has 0 N–H and O–H groups in total. The van der Waals surface area contributed by atoms with E-state index in [-0.39, 0.29) is 11.4 Å². The summed E-state index contributed by atoms with van der Waals surface area (Å²) in [6, 6.07) is 0. The number of carbonyl (C=O) groups excluding carboxylic acids is 1. The lowest BCUT2D eigenvalue weighted by Crippen LogP contribution is -2.54. The Morgan fingerprint density at radius 1 is 1.12 bits per heavy atom. The average Bonchev–Trinajstić information content (AvgIpc) is 3.10. The molecule has 0 aromatic rings. The topological polar surface area (TPSA) is 35.5 Å². The van der Waals surface area contributed by atoms with E-state index < -0.39 is 5.60 Å². The molecule has 3 saturated carbocycles. The molecule has 0 bridgehead atoms. The molecular formula is C30H46O3. The van der Waals surface area contributed by atoms with Crippen LogP contribution in [0.15, 0.2) is 36.0 Å². The number of hydrogen-bond donors (Lipinski definition) is 0. The molecular weight excluding hydrogens is 408 g/mol. The van der Waals surface area contributed by atoms with E-state index in [2.05, 4.69) is 46.9 Å². The van der Waals surface area contributed by atoms with E-state index in [0.29, 0.717) is 28.9 Å². The van der Waals surface area contributed by atoms with E-state index >= 15 is 0 Å². The van der Waals surface area contributed by atoms with Crippen LogP contribution in [-0.4, -0.2) is 24.8 Å². The summed E-state index contributed by atoms with van der Waals surface area (Å²) in [5.41, 5.74) is 3.25. The van der Waals surface area contributed by atoms with Crippen LogP contribution in [0, 0.1) is 34.5 Å². The number of ether oxygens (including phenoxy) is 2. The minimum atomic E-state index is -0.520. The molecule has 0 unspecified atom stereocenters. The van der Waals surface area contributed by atoms with Crippen LogP contribution in [0.1, 0.15) is 92.4 Å². The van der Waals surface area contributed by atoms with Crippen LogP contribution in [0.3, 0.4) is 0 Å². The summed E-state index contributed by atoms with van der Waals surface area (Å²) in [7, 11) is 1.87. The van der Waals surface area contributed by atoms with Gasteiger partial charge >= 0.3 is 5.97 Å². The maximum Gasteiger partial charge on any atom is 0.333 e. The molecule has 3 heteroatoms. The predicted octanol–water partition coefficient (Wildman–Crippen LogP) is 7.42. The van der Waals surface area contributed by atoms with Gasteiger partial charge in [0.15, 0.2) is 0 Å². The molecule has 3 fully saturated rings. The Morgan fingerprint density at radius 2 is 1.85 bits per heavy atom. The van der Waals surface area contributed by atoms with Crippen molar-refractivity contribution in [1.82, 2.24) is 0 Å². The number of rotatable bonds is 6. The summed E-state index contributed by atoms with van der Waals surface area (Å²) < 4.78 is 12.0. The van der Waals surface area contributed by atoms with Gasteiger partial charge in [0.1, 0.15) is 5.60 Å². The number of esters is 1. The van der Waals surface area contributed by atoms with E-state index in [9.17, 15) is 4.79 Å². The van der Waals surface area contributed by atoms with Gasteiger partial charge in [0.25, 0.3) is 0 Å². The van der Waals surface area contributed by atoms with Crippen molar-refractivity contribution in [2.45, 2.75) is 104 Å². The quantitative estimate of drug-likeness (QED) is 0.238. The van der Waals surface area contributed by atoms with Crippen LogP contribution in [-0.2, 0) is 14.3 Å². The molecule has 0 radical (unpaired) electrons. The summed E-state index contributed by atoms with van der Waals surface area (Å²) in [4.78, 5) is 12.7. The van der Waals surface area contributed by atoms with Gasteiger partial charge in [0.2, 0.25) is 0 Å². The van der Waals surface area contributed by atoms with E-state index in [1.165, 1.54) is 38.5 Å². The molecule has 184 valence electrons. The highest BCUT2D eigenvalue weighted by Gasteiger charge is 2.62. The molecule has 3 nitrogen and oxygen atoms in total. The number of fused-ring (bicyclic) bond motifs is 5. The second-order valence-electron chi connectivity index (χ2n) is 12.7. The molecule has 8 atom stereocenters. The van der Waals surface area contributed by atoms with Crippen LogP contribution in [0.5, 0.6) is 0 Å². The van der Waals surface area contributed by atoms with Gasteiger partial charge in [-0.1, -0.05) is 44.2 Å². The van der Waals surface area contributed by atoms with E-state index in [4.69, 9.17) is 9.47 Å². The van der Waals surface area contributed by atoms with Gasteiger partial charge < -0.3 is 9.47 Å². The van der Waals surface area contributed by atoms with Gasteiger partial charge in [0, 0.05) is 25.0 Å². The summed E-state index contributed by atoms with van der Waals surface area (Å²) in [6.45, 7) is 19.1. The fourth-order valence-corrected chi connectivity index (χ4v) is 8.96. The monoisotopic (exact) mass is 454 g/mol. The van der Waals surface area contributed by atoms with Crippen LogP contribution < -0.4 is 0 Å². The number of carbonyl (C=O) groups is 1. The van der Waals surface area contributed by atoms with Crippen molar-refractivity contribution in [3.05, 3.63) is 36.0 Å². The lowest BCUT2D eigenvalue weighted by Gasteiger charge is -2.59. The largest absolute Gasteiger partial charge is 0.455 e. The van der Waals surface area contributed by atoms with Gasteiger partial charge in [-0.25, -0.2) is 4.79 Å². The van der Waals surface area contributed by atoms with Crippen molar-refractivity contribution in [2.75, 3.05) is 7.11 Å². The lowest BCUT2D eigenvalue weighted by atomic mass is 9.46. The van der Waals surface area contributed by atoms with Crippen molar-refractivity contribution in [1.29, 1.82) is 0 Å². The molecule has 0 saturated heterocycles. The molecule has 4 aliphatic rings. The number of allylic oxidation sites excluding steroid dienone is 1. The van der Waals surface area contributed by atoms with Gasteiger partial charge in [-0.15, -0.1) is 0 Å². The Hall–Kier alpha value is -1.35. The fraction of sp³-hybridized carbons (Fsp3) is 0.767. The summed E-state index contributed by atoms with van der Waals surface area (Å²) in [6.07, 6.45) is 13.4. The molecule has 0 aromatic carbocycles. The maximum atomic E-state index is 12.7. The lowest BCUT2D eigenvalue weighted by molar-refractivity contribution is -0.168. The smallest absolute Gasteiger partial charge is 0.333 e. The minimum Gasteiger partial charge on any atom is -0.455 e. The SMILES string of the molecule is C=C(C)C[C@](C)(OC(=O)C(=C)C)[C@H]1CC[C@H]2[C@@H]3CC=C4C[C@@H](OC)CC[C@]4(C)[C@H]3CC[C@@]21C. The predicted molar refractivity (Wildman–Crippen MR) is 135 cm³/mol. The minimum absolute atomic E-state index is 0.201. The summed E-state index contributed by atoms with van der Waals surface area (Å²) in [5.74, 6) is 2.32. The average molecular weight is 455 g/mol. The van der Waals surface area contributed by atoms with Crippen LogP contribution >= 0.6 is 0 Å². The van der Waals surface area contributed by atoms with Crippen molar-refractivity contribution < 1.29 is 14.3 Å². The Kier molecular flexibility index (Phi) is 6.53. The van der Waals surface area contributed by atoms with Crippen molar-refractivity contribution in [3.8, 4) is 0 Å². The first-order valence-corrected chi connectivity index (χ1v) is 13.2. The van der Waals surface area contributed by atoms with Gasteiger partial charge in [-0.3, -0.25) is 0 Å². The van der Waals surface area contributed by atoms with Gasteiger partial charge in [-0.2, -0.15) is 0 Å². The van der Waals surface area contributed by atoms with Crippen LogP contribution in [0.25, 0.3) is 0 Å². The number of methoxy groups -OCH3 is 1. The second-order valence-corrected chi connectivity index (χ2v) is 12.7.